The Labute approximate surface area is 103 Å². The monoisotopic (exact) mass is 256 g/mol. The Kier molecular flexibility index (Phi) is 3.58. The molecule has 0 bridgehead atoms. The molecule has 96 valence electrons. The number of rotatable bonds is 3. The Balaban J connectivity index is 2.14. The van der Waals surface area contributed by atoms with E-state index in [1.807, 2.05) is 6.07 Å². The molecule has 4 nitrogen and oxygen atoms in total. The Morgan fingerprint density at radius 2 is 1.94 bits per heavy atom. The molecular formula is C12H20N2O2S. The molecule has 1 aliphatic rings. The molecule has 1 saturated carbocycles. The zero-order valence-corrected chi connectivity index (χ0v) is 11.0. The standard InChI is InChI=1S/C12H20N2O2S/c1-14-11(7-8-12(14)17(13,15)16)9-10-5-3-2-4-6-10/h7-8,10H,2-6,9H2,1H3,(H2,13,15,16). The Morgan fingerprint density at radius 1 is 1.29 bits per heavy atom. The van der Waals surface area contributed by atoms with Crippen molar-refractivity contribution in [1.29, 1.82) is 0 Å². The molecule has 1 aromatic heterocycles. The van der Waals surface area contributed by atoms with Gasteiger partial charge >= 0.3 is 0 Å². The van der Waals surface area contributed by atoms with E-state index in [9.17, 15) is 8.42 Å². The molecule has 0 radical (unpaired) electrons. The van der Waals surface area contributed by atoms with Crippen LogP contribution in [0.3, 0.4) is 0 Å². The third-order valence-electron chi connectivity index (χ3n) is 3.69. The van der Waals surface area contributed by atoms with Gasteiger partial charge in [-0.25, -0.2) is 13.6 Å². The zero-order chi connectivity index (χ0) is 12.5. The van der Waals surface area contributed by atoms with E-state index in [4.69, 9.17) is 5.14 Å². The molecule has 17 heavy (non-hydrogen) atoms. The minimum Gasteiger partial charge on any atom is -0.338 e. The fraction of sp³-hybridized carbons (Fsp3) is 0.667. The first-order chi connectivity index (χ1) is 7.98. The van der Waals surface area contributed by atoms with Gasteiger partial charge in [-0.3, -0.25) is 0 Å². The Hall–Kier alpha value is -0.810. The second-order valence-corrected chi connectivity index (χ2v) is 6.48. The van der Waals surface area contributed by atoms with E-state index < -0.39 is 10.0 Å². The van der Waals surface area contributed by atoms with Crippen molar-refractivity contribution in [3.05, 3.63) is 17.8 Å². The number of hydrogen-bond acceptors (Lipinski definition) is 2. The molecule has 1 aliphatic carbocycles. The lowest BCUT2D eigenvalue weighted by Gasteiger charge is -2.21. The molecule has 0 unspecified atom stereocenters. The smallest absolute Gasteiger partial charge is 0.253 e. The summed E-state index contributed by atoms with van der Waals surface area (Å²) < 4.78 is 24.3. The number of nitrogens with two attached hydrogens (primary N) is 1. The predicted molar refractivity (Wildman–Crippen MR) is 67.1 cm³/mol. The van der Waals surface area contributed by atoms with Crippen LogP contribution in [0.4, 0.5) is 0 Å². The second-order valence-electron chi connectivity index (χ2n) is 4.98. The van der Waals surface area contributed by atoms with Crippen LogP contribution in [0.5, 0.6) is 0 Å². The van der Waals surface area contributed by atoms with Gasteiger partial charge in [0.05, 0.1) is 0 Å². The van der Waals surface area contributed by atoms with E-state index in [0.29, 0.717) is 5.92 Å². The molecule has 0 spiro atoms. The van der Waals surface area contributed by atoms with Crippen molar-refractivity contribution in [2.24, 2.45) is 18.1 Å². The van der Waals surface area contributed by atoms with Gasteiger partial charge in [0.15, 0.2) is 0 Å². The van der Waals surface area contributed by atoms with E-state index >= 15 is 0 Å². The fourth-order valence-corrected chi connectivity index (χ4v) is 3.47. The summed E-state index contributed by atoms with van der Waals surface area (Å²) in [5.74, 6) is 0.700. The van der Waals surface area contributed by atoms with E-state index in [1.54, 1.807) is 17.7 Å². The number of hydrogen-bond donors (Lipinski definition) is 1. The molecule has 2 N–H and O–H groups in total. The summed E-state index contributed by atoms with van der Waals surface area (Å²) in [6.07, 6.45) is 7.43. The van der Waals surface area contributed by atoms with Crippen LogP contribution < -0.4 is 5.14 Å². The van der Waals surface area contributed by atoms with Gasteiger partial charge in [-0.15, -0.1) is 0 Å². The summed E-state index contributed by atoms with van der Waals surface area (Å²) in [5.41, 5.74) is 1.07. The van der Waals surface area contributed by atoms with E-state index in [1.165, 1.54) is 32.1 Å². The number of primary sulfonamides is 1. The lowest BCUT2D eigenvalue weighted by Crippen LogP contribution is -2.18. The fourth-order valence-electron chi connectivity index (χ4n) is 2.71. The normalized spacial score (nSPS) is 18.5. The van der Waals surface area contributed by atoms with Gasteiger partial charge in [0.2, 0.25) is 0 Å². The van der Waals surface area contributed by atoms with E-state index in [0.717, 1.165) is 12.1 Å². The predicted octanol–water partition coefficient (Wildman–Crippen LogP) is 1.80. The number of sulfonamides is 1. The van der Waals surface area contributed by atoms with Crippen molar-refractivity contribution in [3.8, 4) is 0 Å². The van der Waals surface area contributed by atoms with Gasteiger partial charge in [-0.2, -0.15) is 0 Å². The molecule has 1 heterocycles. The largest absolute Gasteiger partial charge is 0.338 e. The molecule has 5 heteroatoms. The molecule has 0 atom stereocenters. The highest BCUT2D eigenvalue weighted by Gasteiger charge is 2.19. The summed E-state index contributed by atoms with van der Waals surface area (Å²) in [7, 11) is -1.81. The first-order valence-electron chi connectivity index (χ1n) is 6.16. The average Bonchev–Trinajstić information content (AvgIpc) is 2.61. The zero-order valence-electron chi connectivity index (χ0n) is 10.2. The van der Waals surface area contributed by atoms with Crippen LogP contribution in [0.25, 0.3) is 0 Å². The number of nitrogens with zero attached hydrogens (tertiary/aromatic N) is 1. The Bertz CT molecular complexity index is 485. The highest BCUT2D eigenvalue weighted by atomic mass is 32.2. The van der Waals surface area contributed by atoms with Gasteiger partial charge in [0, 0.05) is 12.7 Å². The molecule has 0 saturated heterocycles. The van der Waals surface area contributed by atoms with Gasteiger partial charge in [-0.1, -0.05) is 32.1 Å². The van der Waals surface area contributed by atoms with E-state index in [2.05, 4.69) is 0 Å². The summed E-state index contributed by atoms with van der Waals surface area (Å²) in [6, 6.07) is 3.49. The summed E-state index contributed by atoms with van der Waals surface area (Å²) in [5, 5.41) is 5.37. The quantitative estimate of drug-likeness (QED) is 0.896. The Morgan fingerprint density at radius 3 is 2.47 bits per heavy atom. The van der Waals surface area contributed by atoms with Gasteiger partial charge in [0.1, 0.15) is 5.03 Å². The van der Waals surface area contributed by atoms with Gasteiger partial charge in [0.25, 0.3) is 10.0 Å². The molecule has 2 rings (SSSR count). The van der Waals surface area contributed by atoms with Crippen molar-refractivity contribution in [2.45, 2.75) is 43.6 Å². The molecule has 0 aromatic carbocycles. The van der Waals surface area contributed by atoms with Crippen LogP contribution in [0, 0.1) is 5.92 Å². The summed E-state index contributed by atoms with van der Waals surface area (Å²) >= 11 is 0. The number of aromatic nitrogens is 1. The summed E-state index contributed by atoms with van der Waals surface area (Å²) in [4.78, 5) is 0. The van der Waals surface area contributed by atoms with Crippen molar-refractivity contribution in [2.75, 3.05) is 0 Å². The molecule has 0 amide bonds. The lowest BCUT2D eigenvalue weighted by molar-refractivity contribution is 0.351. The first kappa shape index (κ1) is 12.6. The molecule has 1 aromatic rings. The maximum Gasteiger partial charge on any atom is 0.253 e. The van der Waals surface area contributed by atoms with Crippen LogP contribution >= 0.6 is 0 Å². The maximum atomic E-state index is 11.3. The summed E-state index contributed by atoms with van der Waals surface area (Å²) in [6.45, 7) is 0. The minimum atomic E-state index is -3.59. The highest BCUT2D eigenvalue weighted by Crippen LogP contribution is 2.27. The average molecular weight is 256 g/mol. The van der Waals surface area contributed by atoms with Crippen LogP contribution in [0.1, 0.15) is 37.8 Å². The lowest BCUT2D eigenvalue weighted by atomic mass is 9.86. The van der Waals surface area contributed by atoms with Crippen molar-refractivity contribution in [3.63, 3.8) is 0 Å². The van der Waals surface area contributed by atoms with Crippen LogP contribution in [-0.2, 0) is 23.5 Å². The van der Waals surface area contributed by atoms with Crippen molar-refractivity contribution < 1.29 is 8.42 Å². The van der Waals surface area contributed by atoms with Crippen molar-refractivity contribution >= 4 is 10.0 Å². The molecule has 1 fully saturated rings. The molecule has 0 aliphatic heterocycles. The first-order valence-corrected chi connectivity index (χ1v) is 7.70. The minimum absolute atomic E-state index is 0.211. The topological polar surface area (TPSA) is 65.1 Å². The maximum absolute atomic E-state index is 11.3. The van der Waals surface area contributed by atoms with E-state index in [-0.39, 0.29) is 5.03 Å². The highest BCUT2D eigenvalue weighted by molar-refractivity contribution is 7.89. The third kappa shape index (κ3) is 2.90. The van der Waals surface area contributed by atoms with Crippen LogP contribution in [0.2, 0.25) is 0 Å². The second kappa shape index (κ2) is 4.82. The van der Waals surface area contributed by atoms with Crippen LogP contribution in [-0.4, -0.2) is 13.0 Å². The van der Waals surface area contributed by atoms with Gasteiger partial charge < -0.3 is 4.57 Å². The third-order valence-corrected chi connectivity index (χ3v) is 4.69. The SMILES string of the molecule is Cn1c(CC2CCCCC2)ccc1S(N)(=O)=O. The van der Waals surface area contributed by atoms with Crippen molar-refractivity contribution in [1.82, 2.24) is 4.57 Å². The molecular weight excluding hydrogens is 236 g/mol. The van der Waals surface area contributed by atoms with Gasteiger partial charge in [-0.05, 0) is 24.5 Å². The van der Waals surface area contributed by atoms with Crippen LogP contribution in [0.15, 0.2) is 17.2 Å².